The highest BCUT2D eigenvalue weighted by molar-refractivity contribution is 6.20. The molecule has 1 aromatic rings. The summed E-state index contributed by atoms with van der Waals surface area (Å²) < 4.78 is 40.4. The molecule has 0 spiro atoms. The summed E-state index contributed by atoms with van der Waals surface area (Å²) in [4.78, 5) is 11.9. The topological polar surface area (TPSA) is 38.3 Å². The normalized spacial score (nSPS) is 12.1. The molecule has 0 unspecified atom stereocenters. The van der Waals surface area contributed by atoms with E-state index in [0.717, 1.165) is 6.07 Å². The van der Waals surface area contributed by atoms with Crippen molar-refractivity contribution < 1.29 is 22.7 Å². The minimum absolute atomic E-state index is 0.0428. The van der Waals surface area contributed by atoms with Gasteiger partial charge in [0.25, 0.3) is 0 Å². The Morgan fingerprint density at radius 3 is 2.42 bits per heavy atom. The summed E-state index contributed by atoms with van der Waals surface area (Å²) in [5, 5.41) is 2.38. The van der Waals surface area contributed by atoms with E-state index in [9.17, 15) is 18.0 Å². The first kappa shape index (κ1) is 15.6. The molecule has 1 aromatic carbocycles. The summed E-state index contributed by atoms with van der Waals surface area (Å²) in [7, 11) is 0. The lowest BCUT2D eigenvalue weighted by atomic mass is 9.95. The van der Waals surface area contributed by atoms with Crippen molar-refractivity contribution in [3.05, 3.63) is 24.3 Å². The van der Waals surface area contributed by atoms with Crippen LogP contribution in [0.4, 0.5) is 18.9 Å². The molecule has 1 rings (SSSR count). The molecule has 0 bridgehead atoms. The maximum absolute atomic E-state index is 12.2. The zero-order valence-electron chi connectivity index (χ0n) is 10.3. The molecule has 0 aliphatic carbocycles. The lowest BCUT2D eigenvalue weighted by Gasteiger charge is -2.21. The zero-order valence-corrected chi connectivity index (χ0v) is 11.1. The third-order valence-corrected chi connectivity index (χ3v) is 2.98. The smallest absolute Gasteiger partial charge is 0.404 e. The Balaban J connectivity index is 2.93. The zero-order chi connectivity index (χ0) is 14.7. The molecule has 0 heterocycles. The molecule has 0 aromatic heterocycles. The number of halogens is 4. The fourth-order valence-corrected chi connectivity index (χ4v) is 1.26. The molecule has 0 saturated carbocycles. The van der Waals surface area contributed by atoms with Gasteiger partial charge in [0, 0.05) is 5.88 Å². The van der Waals surface area contributed by atoms with Gasteiger partial charge in [0.05, 0.1) is 11.1 Å². The second kappa shape index (κ2) is 5.69. The number of carbonyl (C=O) groups is 1. The van der Waals surface area contributed by atoms with Crippen LogP contribution in [-0.2, 0) is 4.79 Å². The van der Waals surface area contributed by atoms with E-state index in [2.05, 4.69) is 10.1 Å². The Bertz CT molecular complexity index is 461. The number of rotatable bonds is 4. The number of alkyl halides is 4. The molecule has 1 N–H and O–H groups in total. The van der Waals surface area contributed by atoms with Gasteiger partial charge in [-0.05, 0) is 26.0 Å². The maximum atomic E-state index is 12.2. The second-order valence-electron chi connectivity index (χ2n) is 4.52. The quantitative estimate of drug-likeness (QED) is 0.858. The van der Waals surface area contributed by atoms with E-state index in [4.69, 9.17) is 11.6 Å². The fourth-order valence-electron chi connectivity index (χ4n) is 1.14. The molecule has 106 valence electrons. The lowest BCUT2D eigenvalue weighted by molar-refractivity contribution is -0.274. The van der Waals surface area contributed by atoms with Crippen molar-refractivity contribution >= 4 is 23.2 Å². The molecular formula is C12H13ClF3NO2. The van der Waals surface area contributed by atoms with Crippen LogP contribution in [0.3, 0.4) is 0 Å². The Hall–Kier alpha value is -1.43. The van der Waals surface area contributed by atoms with Gasteiger partial charge < -0.3 is 10.1 Å². The monoisotopic (exact) mass is 295 g/mol. The SMILES string of the molecule is CC(C)(CCl)C(=O)Nc1ccccc1OC(F)(F)F. The standard InChI is InChI=1S/C12H13ClF3NO2/c1-11(2,7-13)10(18)17-8-5-3-4-6-9(8)19-12(14,15)16/h3-6H,7H2,1-2H3,(H,17,18). The third-order valence-electron chi connectivity index (χ3n) is 2.31. The number of carbonyl (C=O) groups excluding carboxylic acids is 1. The number of hydrogen-bond acceptors (Lipinski definition) is 2. The molecule has 0 saturated heterocycles. The summed E-state index contributed by atoms with van der Waals surface area (Å²) in [6, 6.07) is 5.32. The summed E-state index contributed by atoms with van der Waals surface area (Å²) in [5.41, 5.74) is -0.949. The van der Waals surface area contributed by atoms with E-state index in [-0.39, 0.29) is 11.6 Å². The van der Waals surface area contributed by atoms with Crippen molar-refractivity contribution in [1.29, 1.82) is 0 Å². The number of amides is 1. The molecule has 0 aliphatic heterocycles. The predicted octanol–water partition coefficient (Wildman–Crippen LogP) is 3.79. The average Bonchev–Trinajstić information content (AvgIpc) is 2.29. The molecule has 0 fully saturated rings. The number of benzene rings is 1. The van der Waals surface area contributed by atoms with Gasteiger partial charge >= 0.3 is 6.36 Å². The highest BCUT2D eigenvalue weighted by Gasteiger charge is 2.33. The van der Waals surface area contributed by atoms with Crippen LogP contribution in [0.5, 0.6) is 5.75 Å². The first-order valence-electron chi connectivity index (χ1n) is 5.38. The van der Waals surface area contributed by atoms with Crippen molar-refractivity contribution in [3.63, 3.8) is 0 Å². The molecular weight excluding hydrogens is 283 g/mol. The molecule has 19 heavy (non-hydrogen) atoms. The minimum atomic E-state index is -4.82. The van der Waals surface area contributed by atoms with Gasteiger partial charge in [0.1, 0.15) is 0 Å². The van der Waals surface area contributed by atoms with Crippen molar-refractivity contribution in [1.82, 2.24) is 0 Å². The van der Waals surface area contributed by atoms with Crippen molar-refractivity contribution in [2.75, 3.05) is 11.2 Å². The maximum Gasteiger partial charge on any atom is 0.573 e. The van der Waals surface area contributed by atoms with Gasteiger partial charge in [0.15, 0.2) is 5.75 Å². The Morgan fingerprint density at radius 1 is 1.32 bits per heavy atom. The Labute approximate surface area is 113 Å². The van der Waals surface area contributed by atoms with Crippen LogP contribution in [-0.4, -0.2) is 18.1 Å². The van der Waals surface area contributed by atoms with Gasteiger partial charge in [-0.15, -0.1) is 24.8 Å². The van der Waals surface area contributed by atoms with Crippen LogP contribution >= 0.6 is 11.6 Å². The molecule has 7 heteroatoms. The van der Waals surface area contributed by atoms with Gasteiger partial charge in [-0.1, -0.05) is 12.1 Å². The second-order valence-corrected chi connectivity index (χ2v) is 4.78. The van der Waals surface area contributed by atoms with E-state index in [1.807, 2.05) is 0 Å². The largest absolute Gasteiger partial charge is 0.573 e. The highest BCUT2D eigenvalue weighted by atomic mass is 35.5. The Morgan fingerprint density at radius 2 is 1.89 bits per heavy atom. The first-order chi connectivity index (χ1) is 8.65. The number of ether oxygens (including phenoxy) is 1. The number of nitrogens with one attached hydrogen (secondary N) is 1. The minimum Gasteiger partial charge on any atom is -0.404 e. The third kappa shape index (κ3) is 4.63. The van der Waals surface area contributed by atoms with E-state index in [1.54, 1.807) is 13.8 Å². The number of anilines is 1. The first-order valence-corrected chi connectivity index (χ1v) is 5.91. The predicted molar refractivity (Wildman–Crippen MR) is 66.3 cm³/mol. The van der Waals surface area contributed by atoms with Gasteiger partial charge in [-0.3, -0.25) is 4.79 Å². The molecule has 1 amide bonds. The number of para-hydroxylation sites is 2. The van der Waals surface area contributed by atoms with Crippen molar-refractivity contribution in [3.8, 4) is 5.75 Å². The van der Waals surface area contributed by atoms with E-state index < -0.39 is 23.4 Å². The van der Waals surface area contributed by atoms with E-state index in [0.29, 0.717) is 0 Å². The van der Waals surface area contributed by atoms with Crippen LogP contribution in [0.25, 0.3) is 0 Å². The van der Waals surface area contributed by atoms with Crippen LogP contribution < -0.4 is 10.1 Å². The molecule has 0 aliphatic rings. The fraction of sp³-hybridized carbons (Fsp3) is 0.417. The van der Waals surface area contributed by atoms with E-state index >= 15 is 0 Å². The number of hydrogen-bond donors (Lipinski definition) is 1. The van der Waals surface area contributed by atoms with Crippen molar-refractivity contribution in [2.45, 2.75) is 20.2 Å². The molecule has 0 radical (unpaired) electrons. The molecule has 3 nitrogen and oxygen atoms in total. The highest BCUT2D eigenvalue weighted by Crippen LogP contribution is 2.31. The van der Waals surface area contributed by atoms with Gasteiger partial charge in [-0.2, -0.15) is 0 Å². The molecule has 0 atom stereocenters. The average molecular weight is 296 g/mol. The van der Waals surface area contributed by atoms with Crippen LogP contribution in [0.2, 0.25) is 0 Å². The van der Waals surface area contributed by atoms with Gasteiger partial charge in [-0.25, -0.2) is 0 Å². The van der Waals surface area contributed by atoms with Crippen LogP contribution in [0.1, 0.15) is 13.8 Å². The lowest BCUT2D eigenvalue weighted by Crippen LogP contribution is -2.32. The van der Waals surface area contributed by atoms with Crippen LogP contribution in [0.15, 0.2) is 24.3 Å². The summed E-state index contributed by atoms with van der Waals surface area (Å²) >= 11 is 5.63. The summed E-state index contributed by atoms with van der Waals surface area (Å²) in [6.07, 6.45) is -4.82. The Kier molecular flexibility index (Phi) is 4.68. The summed E-state index contributed by atoms with van der Waals surface area (Å²) in [5.74, 6) is -0.907. The van der Waals surface area contributed by atoms with E-state index in [1.165, 1.54) is 18.2 Å². The van der Waals surface area contributed by atoms with Crippen LogP contribution in [0, 0.1) is 5.41 Å². The summed E-state index contributed by atoms with van der Waals surface area (Å²) in [6.45, 7) is 3.17. The van der Waals surface area contributed by atoms with Gasteiger partial charge in [0.2, 0.25) is 5.91 Å². The van der Waals surface area contributed by atoms with Crippen molar-refractivity contribution in [2.24, 2.45) is 5.41 Å².